The minimum absolute atomic E-state index is 0.0653. The van der Waals surface area contributed by atoms with Gasteiger partial charge in [0.05, 0.1) is 0 Å². The zero-order valence-corrected chi connectivity index (χ0v) is 45.2. The molecule has 0 aliphatic rings. The largest absolute Gasteiger partial charge is 0.462 e. The average molecular weight is 944 g/mol. The summed E-state index contributed by atoms with van der Waals surface area (Å²) >= 11 is 0. The highest BCUT2D eigenvalue weighted by Gasteiger charge is 2.19. The van der Waals surface area contributed by atoms with Crippen LogP contribution in [0.25, 0.3) is 0 Å². The molecule has 6 heteroatoms. The van der Waals surface area contributed by atoms with Crippen molar-refractivity contribution in [2.24, 2.45) is 0 Å². The molecule has 0 bridgehead atoms. The number of allylic oxidation sites excluding steroid dienone is 4. The molecular weight excluding hydrogens is 829 g/mol. The highest BCUT2D eigenvalue weighted by molar-refractivity contribution is 5.71. The maximum absolute atomic E-state index is 12.7. The van der Waals surface area contributed by atoms with Gasteiger partial charge in [0, 0.05) is 19.3 Å². The Morgan fingerprint density at radius 3 is 0.821 bits per heavy atom. The molecular formula is C61H114O6. The van der Waals surface area contributed by atoms with Crippen LogP contribution >= 0.6 is 0 Å². The van der Waals surface area contributed by atoms with Gasteiger partial charge >= 0.3 is 17.9 Å². The molecule has 0 saturated carbocycles. The predicted octanol–water partition coefficient (Wildman–Crippen LogP) is 19.9. The van der Waals surface area contributed by atoms with Gasteiger partial charge in [-0.2, -0.15) is 0 Å². The van der Waals surface area contributed by atoms with E-state index in [1.165, 1.54) is 225 Å². The molecule has 1 unspecified atom stereocenters. The second kappa shape index (κ2) is 56.5. The van der Waals surface area contributed by atoms with Gasteiger partial charge in [0.15, 0.2) is 6.10 Å². The van der Waals surface area contributed by atoms with Crippen LogP contribution in [0.5, 0.6) is 0 Å². The lowest BCUT2D eigenvalue weighted by atomic mass is 10.0. The van der Waals surface area contributed by atoms with Crippen molar-refractivity contribution < 1.29 is 28.6 Å². The van der Waals surface area contributed by atoms with Crippen molar-refractivity contribution in [3.63, 3.8) is 0 Å². The fraction of sp³-hybridized carbons (Fsp3) is 0.885. The lowest BCUT2D eigenvalue weighted by Crippen LogP contribution is -2.30. The van der Waals surface area contributed by atoms with Crippen molar-refractivity contribution in [2.45, 2.75) is 335 Å². The Balaban J connectivity index is 3.91. The smallest absolute Gasteiger partial charge is 0.306 e. The number of unbranched alkanes of at least 4 members (excludes halogenated alkanes) is 40. The normalized spacial score (nSPS) is 12.1. The van der Waals surface area contributed by atoms with Crippen LogP contribution in [0.1, 0.15) is 329 Å². The molecule has 0 aliphatic carbocycles. The first-order chi connectivity index (χ1) is 33.0. The van der Waals surface area contributed by atoms with Crippen molar-refractivity contribution >= 4 is 17.9 Å². The van der Waals surface area contributed by atoms with Crippen LogP contribution in [-0.4, -0.2) is 37.2 Å². The van der Waals surface area contributed by atoms with Gasteiger partial charge in [-0.3, -0.25) is 14.4 Å². The molecule has 0 aromatic rings. The third-order valence-corrected chi connectivity index (χ3v) is 13.5. The maximum atomic E-state index is 12.7. The first-order valence-corrected chi connectivity index (χ1v) is 29.8. The second-order valence-corrected chi connectivity index (χ2v) is 20.3. The van der Waals surface area contributed by atoms with Crippen molar-refractivity contribution in [3.8, 4) is 0 Å². The van der Waals surface area contributed by atoms with Crippen LogP contribution in [0.4, 0.5) is 0 Å². The quantitative estimate of drug-likeness (QED) is 0.0262. The number of esters is 3. The van der Waals surface area contributed by atoms with Gasteiger partial charge in [0.2, 0.25) is 0 Å². The fourth-order valence-electron chi connectivity index (χ4n) is 8.95. The number of ether oxygens (including phenoxy) is 3. The van der Waals surface area contributed by atoms with Crippen LogP contribution < -0.4 is 0 Å². The Morgan fingerprint density at radius 2 is 0.537 bits per heavy atom. The lowest BCUT2D eigenvalue weighted by Gasteiger charge is -2.18. The molecule has 0 aliphatic heterocycles. The Morgan fingerprint density at radius 1 is 0.299 bits per heavy atom. The van der Waals surface area contributed by atoms with Gasteiger partial charge in [0.1, 0.15) is 13.2 Å². The molecule has 0 fully saturated rings. The molecule has 0 rings (SSSR count). The molecule has 0 radical (unpaired) electrons. The van der Waals surface area contributed by atoms with Crippen molar-refractivity contribution in [1.29, 1.82) is 0 Å². The summed E-state index contributed by atoms with van der Waals surface area (Å²) in [5.74, 6) is -0.857. The van der Waals surface area contributed by atoms with Crippen molar-refractivity contribution in [3.05, 3.63) is 24.3 Å². The van der Waals surface area contributed by atoms with E-state index >= 15 is 0 Å². The van der Waals surface area contributed by atoms with Crippen LogP contribution in [0.15, 0.2) is 24.3 Å². The van der Waals surface area contributed by atoms with E-state index in [0.29, 0.717) is 19.3 Å². The number of rotatable bonds is 55. The molecule has 6 nitrogen and oxygen atoms in total. The minimum Gasteiger partial charge on any atom is -0.462 e. The summed E-state index contributed by atoms with van der Waals surface area (Å²) in [6.07, 6.45) is 66.6. The van der Waals surface area contributed by atoms with Crippen LogP contribution in [0.3, 0.4) is 0 Å². The molecule has 0 amide bonds. The Hall–Kier alpha value is -2.11. The topological polar surface area (TPSA) is 78.9 Å². The zero-order valence-electron chi connectivity index (χ0n) is 45.2. The van der Waals surface area contributed by atoms with Gasteiger partial charge in [-0.05, 0) is 51.4 Å². The first-order valence-electron chi connectivity index (χ1n) is 29.8. The summed E-state index contributed by atoms with van der Waals surface area (Å²) in [6, 6.07) is 0. The van der Waals surface area contributed by atoms with Gasteiger partial charge in [-0.1, -0.05) is 283 Å². The van der Waals surface area contributed by atoms with E-state index in [4.69, 9.17) is 14.2 Å². The van der Waals surface area contributed by atoms with Crippen molar-refractivity contribution in [2.75, 3.05) is 13.2 Å². The predicted molar refractivity (Wildman–Crippen MR) is 289 cm³/mol. The summed E-state index contributed by atoms with van der Waals surface area (Å²) in [7, 11) is 0. The average Bonchev–Trinajstić information content (AvgIpc) is 3.33. The standard InChI is InChI=1S/C61H114O6/c1-4-7-10-13-16-18-20-22-23-24-25-26-27-28-29-30-31-32-33-34-35-36-37-38-39-40-42-43-45-48-51-54-60(63)66-57-58(56-65-59(62)53-50-47-15-12-9-6-3)67-61(64)55-52-49-46-44-41-21-19-17-14-11-8-5-2/h20,22,24-25,58H,4-19,21,23,26-57H2,1-3H3/b22-20-,25-24-. The van der Waals surface area contributed by atoms with Gasteiger partial charge < -0.3 is 14.2 Å². The first kappa shape index (κ1) is 64.9. The summed E-state index contributed by atoms with van der Waals surface area (Å²) in [4.78, 5) is 37.8. The van der Waals surface area contributed by atoms with E-state index in [-0.39, 0.29) is 31.1 Å². The Kier molecular flexibility index (Phi) is 54.7. The molecule has 0 spiro atoms. The fourth-order valence-corrected chi connectivity index (χ4v) is 8.95. The molecule has 394 valence electrons. The van der Waals surface area contributed by atoms with Gasteiger partial charge in [0.25, 0.3) is 0 Å². The number of carbonyl (C=O) groups is 3. The minimum atomic E-state index is -0.761. The molecule has 0 aromatic heterocycles. The Bertz CT molecular complexity index is 1080. The van der Waals surface area contributed by atoms with Crippen LogP contribution in [0, 0.1) is 0 Å². The van der Waals surface area contributed by atoms with E-state index in [0.717, 1.165) is 64.2 Å². The van der Waals surface area contributed by atoms with Crippen molar-refractivity contribution in [1.82, 2.24) is 0 Å². The summed E-state index contributed by atoms with van der Waals surface area (Å²) in [6.45, 7) is 6.60. The van der Waals surface area contributed by atoms with E-state index in [1.54, 1.807) is 0 Å². The number of hydrogen-bond donors (Lipinski definition) is 0. The maximum Gasteiger partial charge on any atom is 0.306 e. The third kappa shape index (κ3) is 54.7. The number of hydrogen-bond acceptors (Lipinski definition) is 6. The SMILES string of the molecule is CCCCCCC/C=C\C/C=C\CCCCCCCCCCCCCCCCCCCCCC(=O)OCC(COC(=O)CCCCCCCC)OC(=O)CCCCCCCCCCCCCC. The summed E-state index contributed by atoms with van der Waals surface area (Å²) in [5.41, 5.74) is 0. The monoisotopic (exact) mass is 943 g/mol. The van der Waals surface area contributed by atoms with E-state index in [2.05, 4.69) is 45.1 Å². The molecule has 67 heavy (non-hydrogen) atoms. The lowest BCUT2D eigenvalue weighted by molar-refractivity contribution is -0.167. The van der Waals surface area contributed by atoms with Crippen LogP contribution in [-0.2, 0) is 28.6 Å². The number of carbonyl (C=O) groups excluding carboxylic acids is 3. The van der Waals surface area contributed by atoms with E-state index < -0.39 is 6.10 Å². The van der Waals surface area contributed by atoms with Crippen LogP contribution in [0.2, 0.25) is 0 Å². The van der Waals surface area contributed by atoms with E-state index in [9.17, 15) is 14.4 Å². The highest BCUT2D eigenvalue weighted by Crippen LogP contribution is 2.17. The molecule has 0 N–H and O–H groups in total. The van der Waals surface area contributed by atoms with E-state index in [1.807, 2.05) is 0 Å². The molecule has 0 saturated heterocycles. The van der Waals surface area contributed by atoms with Gasteiger partial charge in [-0.25, -0.2) is 0 Å². The third-order valence-electron chi connectivity index (χ3n) is 13.5. The van der Waals surface area contributed by atoms with Gasteiger partial charge in [-0.15, -0.1) is 0 Å². The molecule has 0 heterocycles. The second-order valence-electron chi connectivity index (χ2n) is 20.3. The summed E-state index contributed by atoms with van der Waals surface area (Å²) in [5, 5.41) is 0. The highest BCUT2D eigenvalue weighted by atomic mass is 16.6. The zero-order chi connectivity index (χ0) is 48.6. The Labute approximate surface area is 417 Å². The molecule has 0 aromatic carbocycles. The summed E-state index contributed by atoms with van der Waals surface area (Å²) < 4.78 is 16.7. The molecule has 1 atom stereocenters.